The predicted octanol–water partition coefficient (Wildman–Crippen LogP) is 2.24. The molecule has 0 bridgehead atoms. The molecule has 1 aromatic rings. The third-order valence-electron chi connectivity index (χ3n) is 4.80. The van der Waals surface area contributed by atoms with Crippen LogP contribution in [-0.2, 0) is 14.4 Å². The number of carbonyl (C=O) groups excluding carboxylic acids is 2. The van der Waals surface area contributed by atoms with E-state index in [0.29, 0.717) is 42.7 Å². The molecule has 3 rings (SSSR count). The van der Waals surface area contributed by atoms with Crippen LogP contribution in [0.3, 0.4) is 0 Å². The minimum Gasteiger partial charge on any atom is -0.482 e. The van der Waals surface area contributed by atoms with Crippen LogP contribution in [0.15, 0.2) is 29.4 Å². The molecule has 1 unspecified atom stereocenters. The number of halogens is 1. The predicted molar refractivity (Wildman–Crippen MR) is 102 cm³/mol. The van der Waals surface area contributed by atoms with Gasteiger partial charge < -0.3 is 19.8 Å². The third kappa shape index (κ3) is 5.35. The van der Waals surface area contributed by atoms with Crippen LogP contribution in [-0.4, -0.2) is 54.8 Å². The average Bonchev–Trinajstić information content (AvgIpc) is 3.12. The van der Waals surface area contributed by atoms with Crippen LogP contribution in [0.5, 0.6) is 5.75 Å². The van der Waals surface area contributed by atoms with Crippen LogP contribution >= 0.6 is 11.6 Å². The van der Waals surface area contributed by atoms with Gasteiger partial charge in [0.2, 0.25) is 6.10 Å². The summed E-state index contributed by atoms with van der Waals surface area (Å²) >= 11 is 6.00. The fourth-order valence-electron chi connectivity index (χ4n) is 3.20. The van der Waals surface area contributed by atoms with Gasteiger partial charge in [-0.2, -0.15) is 0 Å². The van der Waals surface area contributed by atoms with Crippen LogP contribution in [0.2, 0.25) is 5.02 Å². The first kappa shape index (κ1) is 19.5. The van der Waals surface area contributed by atoms with Gasteiger partial charge in [0, 0.05) is 26.1 Å². The highest BCUT2D eigenvalue weighted by Crippen LogP contribution is 2.23. The third-order valence-corrected chi connectivity index (χ3v) is 5.11. The summed E-state index contributed by atoms with van der Waals surface area (Å²) in [7, 11) is 0. The van der Waals surface area contributed by atoms with Crippen molar-refractivity contribution in [3.63, 3.8) is 0 Å². The molecule has 2 amide bonds. The summed E-state index contributed by atoms with van der Waals surface area (Å²) in [6.45, 7) is 3.72. The van der Waals surface area contributed by atoms with E-state index >= 15 is 0 Å². The molecular weight excluding hydrogens is 370 g/mol. The van der Waals surface area contributed by atoms with E-state index in [9.17, 15) is 9.59 Å². The highest BCUT2D eigenvalue weighted by molar-refractivity contribution is 6.32. The fourth-order valence-corrected chi connectivity index (χ4v) is 3.39. The maximum Gasteiger partial charge on any atom is 0.266 e. The molecular formula is C19H24ClN3O4. The van der Waals surface area contributed by atoms with Crippen molar-refractivity contribution in [1.29, 1.82) is 0 Å². The molecule has 1 aromatic carbocycles. The minimum atomic E-state index is -0.469. The van der Waals surface area contributed by atoms with Crippen molar-refractivity contribution < 1.29 is 19.2 Å². The van der Waals surface area contributed by atoms with Gasteiger partial charge in [0.25, 0.3) is 11.8 Å². The number of likely N-dealkylation sites (tertiary alicyclic amines) is 1. The highest BCUT2D eigenvalue weighted by Gasteiger charge is 2.32. The molecule has 0 aromatic heterocycles. The van der Waals surface area contributed by atoms with Gasteiger partial charge in [-0.05, 0) is 37.8 Å². The largest absolute Gasteiger partial charge is 0.482 e. The Morgan fingerprint density at radius 3 is 2.74 bits per heavy atom. The van der Waals surface area contributed by atoms with Gasteiger partial charge in [0.05, 0.1) is 10.7 Å². The van der Waals surface area contributed by atoms with E-state index < -0.39 is 6.10 Å². The summed E-state index contributed by atoms with van der Waals surface area (Å²) in [5.41, 5.74) is 0.852. The molecule has 2 aliphatic heterocycles. The zero-order chi connectivity index (χ0) is 19.2. The molecule has 7 nitrogen and oxygen atoms in total. The molecule has 146 valence electrons. The van der Waals surface area contributed by atoms with Gasteiger partial charge in [-0.25, -0.2) is 0 Å². The van der Waals surface area contributed by atoms with Gasteiger partial charge in [0.15, 0.2) is 6.61 Å². The van der Waals surface area contributed by atoms with Gasteiger partial charge in [-0.3, -0.25) is 9.59 Å². The quantitative estimate of drug-likeness (QED) is 0.803. The number of benzene rings is 1. The van der Waals surface area contributed by atoms with Gasteiger partial charge >= 0.3 is 0 Å². The number of rotatable bonds is 6. The number of hydrogen-bond acceptors (Lipinski definition) is 5. The number of carbonyl (C=O) groups is 2. The molecule has 1 fully saturated rings. The lowest BCUT2D eigenvalue weighted by Gasteiger charge is -2.33. The maximum absolute atomic E-state index is 12.4. The lowest BCUT2D eigenvalue weighted by molar-refractivity contribution is -0.143. The first-order valence-electron chi connectivity index (χ1n) is 9.15. The van der Waals surface area contributed by atoms with Crippen molar-refractivity contribution in [2.45, 2.75) is 32.3 Å². The SMILES string of the molecule is CC1=NOC(C(=O)N2CCC(CNC(=O)COc3ccccc3Cl)CC2)C1. The second-order valence-electron chi connectivity index (χ2n) is 6.92. The number of hydrogen-bond donors (Lipinski definition) is 1. The number of para-hydroxylation sites is 1. The van der Waals surface area contributed by atoms with Crippen molar-refractivity contribution in [3.8, 4) is 5.75 Å². The summed E-state index contributed by atoms with van der Waals surface area (Å²) in [5, 5.41) is 7.22. The first-order valence-corrected chi connectivity index (χ1v) is 9.53. The average molecular weight is 394 g/mol. The van der Waals surface area contributed by atoms with E-state index in [-0.39, 0.29) is 18.4 Å². The van der Waals surface area contributed by atoms with E-state index in [1.54, 1.807) is 24.3 Å². The second-order valence-corrected chi connectivity index (χ2v) is 7.32. The highest BCUT2D eigenvalue weighted by atomic mass is 35.5. The van der Waals surface area contributed by atoms with Crippen molar-refractivity contribution >= 4 is 29.1 Å². The van der Waals surface area contributed by atoms with E-state index in [0.717, 1.165) is 18.6 Å². The Morgan fingerprint density at radius 1 is 1.33 bits per heavy atom. The zero-order valence-electron chi connectivity index (χ0n) is 15.3. The molecule has 0 spiro atoms. The number of nitrogens with zero attached hydrogens (tertiary/aromatic N) is 2. The number of nitrogens with one attached hydrogen (secondary N) is 1. The molecule has 0 radical (unpaired) electrons. The van der Waals surface area contributed by atoms with Gasteiger partial charge in [-0.15, -0.1) is 0 Å². The lowest BCUT2D eigenvalue weighted by atomic mass is 9.96. The molecule has 1 saturated heterocycles. The monoisotopic (exact) mass is 393 g/mol. The Kier molecular flexibility index (Phi) is 6.55. The van der Waals surface area contributed by atoms with Crippen molar-refractivity contribution in [2.24, 2.45) is 11.1 Å². The molecule has 1 atom stereocenters. The van der Waals surface area contributed by atoms with E-state index in [1.807, 2.05) is 11.8 Å². The Labute approximate surface area is 163 Å². The molecule has 8 heteroatoms. The smallest absolute Gasteiger partial charge is 0.266 e. The summed E-state index contributed by atoms with van der Waals surface area (Å²) in [6.07, 6.45) is 1.80. The van der Waals surface area contributed by atoms with Crippen LogP contribution in [0.25, 0.3) is 0 Å². The summed E-state index contributed by atoms with van der Waals surface area (Å²) in [4.78, 5) is 31.4. The topological polar surface area (TPSA) is 80.2 Å². The first-order chi connectivity index (χ1) is 13.0. The van der Waals surface area contributed by atoms with Gasteiger partial charge in [0.1, 0.15) is 5.75 Å². The zero-order valence-corrected chi connectivity index (χ0v) is 16.1. The number of amides is 2. The Bertz CT molecular complexity index is 717. The Hall–Kier alpha value is -2.28. The minimum absolute atomic E-state index is 0.00576. The van der Waals surface area contributed by atoms with Crippen LogP contribution in [0, 0.1) is 5.92 Å². The summed E-state index contributed by atoms with van der Waals surface area (Å²) in [6, 6.07) is 7.05. The van der Waals surface area contributed by atoms with Gasteiger partial charge in [-0.1, -0.05) is 28.9 Å². The van der Waals surface area contributed by atoms with E-state index in [2.05, 4.69) is 10.5 Å². The molecule has 27 heavy (non-hydrogen) atoms. The number of oxime groups is 1. The lowest BCUT2D eigenvalue weighted by Crippen LogP contribution is -2.45. The molecule has 2 aliphatic rings. The Balaban J connectivity index is 1.34. The fraction of sp³-hybridized carbons (Fsp3) is 0.526. The van der Waals surface area contributed by atoms with Crippen molar-refractivity contribution in [1.82, 2.24) is 10.2 Å². The summed E-state index contributed by atoms with van der Waals surface area (Å²) in [5.74, 6) is 0.668. The molecule has 0 aliphatic carbocycles. The van der Waals surface area contributed by atoms with Crippen LogP contribution < -0.4 is 10.1 Å². The van der Waals surface area contributed by atoms with Crippen molar-refractivity contribution in [3.05, 3.63) is 29.3 Å². The number of ether oxygens (including phenoxy) is 1. The molecule has 1 N–H and O–H groups in total. The summed E-state index contributed by atoms with van der Waals surface area (Å²) < 4.78 is 5.43. The van der Waals surface area contributed by atoms with Crippen molar-refractivity contribution in [2.75, 3.05) is 26.2 Å². The molecule has 0 saturated carbocycles. The van der Waals surface area contributed by atoms with E-state index in [1.165, 1.54) is 0 Å². The normalized spacial score (nSPS) is 20.0. The van der Waals surface area contributed by atoms with Crippen LogP contribution in [0.1, 0.15) is 26.2 Å². The second kappa shape index (κ2) is 9.08. The number of piperidine rings is 1. The molecule has 2 heterocycles. The Morgan fingerprint density at radius 2 is 2.07 bits per heavy atom. The standard InChI is InChI=1S/C19H24ClN3O4/c1-13-10-17(27-22-13)19(25)23-8-6-14(7-9-23)11-21-18(24)12-26-16-5-3-2-4-15(16)20/h2-5,14,17H,6-12H2,1H3,(H,21,24). The maximum atomic E-state index is 12.4. The van der Waals surface area contributed by atoms with E-state index in [4.69, 9.17) is 21.2 Å². The van der Waals surface area contributed by atoms with Crippen LogP contribution in [0.4, 0.5) is 0 Å².